The number of carboxylic acid groups (broad SMARTS) is 2. The number of anilines is 5. The number of aromatic nitrogens is 6. The van der Waals surface area contributed by atoms with Crippen LogP contribution in [0.2, 0.25) is 0 Å². The standard InChI is InChI=1S/C21H23F4N5O.C21H22F4N4O2.C15H12F5N3.C6H11NO2.CH4/c22-17-19(27-9-13-7-14(8-13)18(26)31)28-11-29-20(17)30(16-5-6-16)10-12-1-3-15(4-2-12)21(23,24)25;22-17-18(26-9-13-7-14(8-13)20(30)31)27-11-28-19(17)29(16-5-6-16)10-12-1-3-15(4-2-12)21(23,24)25;16-12-13(17)21-8-22-14(12)23(11-5-6-11)7-9-1-3-10(4-2-9)15(18,19)20;7-3-4-1-5(2-4)6(8)9;/h1-4,11,13-14,16H,5-10H2,(H2,26,31)(H,27,28,29);1-4,11,13-14,16H,5-10H2,(H,30,31)(H,26,27,28);1-4,8,11H,5-7H2;4-5H,1-3,7H2,(H,8,9);1H4. The molecule has 18 nitrogen and oxygen atoms in total. The van der Waals surface area contributed by atoms with E-state index in [-0.39, 0.29) is 110 Å². The molecular formula is C64H72F13N13O5. The quantitative estimate of drug-likeness (QED) is 0.0273. The molecule has 6 aliphatic carbocycles. The van der Waals surface area contributed by atoms with Crippen molar-refractivity contribution in [3.8, 4) is 0 Å². The topological polar surface area (TPSA) is 255 Å². The molecule has 3 aromatic heterocycles. The summed E-state index contributed by atoms with van der Waals surface area (Å²) in [6.45, 7) is 2.16. The van der Waals surface area contributed by atoms with Crippen LogP contribution in [0.3, 0.4) is 0 Å². The third-order valence-electron chi connectivity index (χ3n) is 17.2. The van der Waals surface area contributed by atoms with Crippen LogP contribution in [0.15, 0.2) is 91.8 Å². The Balaban J connectivity index is 0.000000172. The molecule has 6 fully saturated rings. The van der Waals surface area contributed by atoms with Gasteiger partial charge < -0.3 is 47.0 Å². The first-order valence-electron chi connectivity index (χ1n) is 30.4. The predicted molar refractivity (Wildman–Crippen MR) is 324 cm³/mol. The minimum absolute atomic E-state index is 0. The number of rotatable bonds is 22. The highest BCUT2D eigenvalue weighted by molar-refractivity contribution is 5.77. The minimum atomic E-state index is -4.41. The number of carboxylic acids is 2. The molecule has 0 unspecified atom stereocenters. The lowest BCUT2D eigenvalue weighted by atomic mass is 9.74. The van der Waals surface area contributed by atoms with Crippen molar-refractivity contribution < 1.29 is 81.7 Å². The summed E-state index contributed by atoms with van der Waals surface area (Å²) in [6, 6.07) is 14.5. The molecule has 6 aromatic rings. The summed E-state index contributed by atoms with van der Waals surface area (Å²) in [5.41, 5.74) is 10.2. The Kier molecular flexibility index (Phi) is 23.4. The normalized spacial score (nSPS) is 20.3. The largest absolute Gasteiger partial charge is 0.481 e. The molecular weight excluding hydrogens is 1280 g/mol. The Bertz CT molecular complexity index is 3390. The molecule has 0 atom stereocenters. The van der Waals surface area contributed by atoms with Crippen molar-refractivity contribution in [3.05, 3.63) is 149 Å². The second-order valence-corrected chi connectivity index (χ2v) is 24.4. The van der Waals surface area contributed by atoms with Gasteiger partial charge in [-0.3, -0.25) is 14.4 Å². The molecule has 0 bridgehead atoms. The molecule has 12 rings (SSSR count). The van der Waals surface area contributed by atoms with Gasteiger partial charge >= 0.3 is 30.5 Å². The first-order valence-corrected chi connectivity index (χ1v) is 30.4. The zero-order valence-corrected chi connectivity index (χ0v) is 50.3. The van der Waals surface area contributed by atoms with Gasteiger partial charge in [0, 0.05) is 56.8 Å². The van der Waals surface area contributed by atoms with E-state index >= 15 is 8.78 Å². The summed E-state index contributed by atoms with van der Waals surface area (Å²) in [5, 5.41) is 23.3. The van der Waals surface area contributed by atoms with Gasteiger partial charge in [0.25, 0.3) is 5.95 Å². The number of carbonyl (C=O) groups is 3. The maximum absolute atomic E-state index is 15.2. The van der Waals surface area contributed by atoms with Gasteiger partial charge in [-0.25, -0.2) is 29.9 Å². The van der Waals surface area contributed by atoms with Crippen molar-refractivity contribution in [2.45, 2.75) is 141 Å². The van der Waals surface area contributed by atoms with Gasteiger partial charge in [0.1, 0.15) is 19.0 Å². The number of carbonyl (C=O) groups excluding carboxylic acids is 1. The molecule has 0 spiro atoms. The summed E-state index contributed by atoms with van der Waals surface area (Å²) in [5.74, 6) is -4.91. The number of alkyl halides is 9. The van der Waals surface area contributed by atoms with Crippen LogP contribution in [0.1, 0.15) is 118 Å². The second kappa shape index (κ2) is 30.8. The molecule has 3 heterocycles. The molecule has 0 radical (unpaired) electrons. The van der Waals surface area contributed by atoms with Gasteiger partial charge in [0.15, 0.2) is 29.1 Å². The Morgan fingerprint density at radius 1 is 0.453 bits per heavy atom. The highest BCUT2D eigenvalue weighted by atomic mass is 19.4. The van der Waals surface area contributed by atoms with Crippen LogP contribution in [0, 0.1) is 58.9 Å². The Morgan fingerprint density at radius 3 is 1.03 bits per heavy atom. The van der Waals surface area contributed by atoms with E-state index in [0.717, 1.165) is 94.1 Å². The van der Waals surface area contributed by atoms with Crippen LogP contribution < -0.4 is 36.8 Å². The van der Waals surface area contributed by atoms with E-state index in [2.05, 4.69) is 40.5 Å². The Hall–Kier alpha value is -8.64. The maximum atomic E-state index is 15.2. The zero-order chi connectivity index (χ0) is 67.8. The second-order valence-electron chi connectivity index (χ2n) is 24.4. The third kappa shape index (κ3) is 19.5. The lowest BCUT2D eigenvalue weighted by Crippen LogP contribution is -2.38. The molecule has 6 aliphatic rings. The van der Waals surface area contributed by atoms with Crippen LogP contribution >= 0.6 is 0 Å². The van der Waals surface area contributed by atoms with Crippen molar-refractivity contribution >= 4 is 46.9 Å². The first-order chi connectivity index (χ1) is 44.5. The molecule has 3 aromatic carbocycles. The highest BCUT2D eigenvalue weighted by Crippen LogP contribution is 2.41. The van der Waals surface area contributed by atoms with E-state index in [0.29, 0.717) is 67.9 Å². The van der Waals surface area contributed by atoms with E-state index in [1.54, 1.807) is 14.7 Å². The van der Waals surface area contributed by atoms with E-state index in [1.807, 2.05) is 0 Å². The molecule has 0 aliphatic heterocycles. The van der Waals surface area contributed by atoms with E-state index < -0.39 is 70.6 Å². The number of nitrogens with two attached hydrogens (primary N) is 2. The third-order valence-corrected chi connectivity index (χ3v) is 17.2. The number of amides is 1. The van der Waals surface area contributed by atoms with Crippen LogP contribution in [-0.4, -0.2) is 95.7 Å². The van der Waals surface area contributed by atoms with E-state index in [9.17, 15) is 62.7 Å². The number of halogens is 13. The average Bonchev–Trinajstić information content (AvgIpc) is 1.72. The van der Waals surface area contributed by atoms with Gasteiger partial charge in [-0.15, -0.1) is 0 Å². The summed E-state index contributed by atoms with van der Waals surface area (Å²) in [7, 11) is 0. The molecule has 95 heavy (non-hydrogen) atoms. The summed E-state index contributed by atoms with van der Waals surface area (Å²) >= 11 is 0. The molecule has 0 saturated heterocycles. The molecule has 31 heteroatoms. The maximum Gasteiger partial charge on any atom is 0.416 e. The van der Waals surface area contributed by atoms with Crippen molar-refractivity contribution in [1.82, 2.24) is 29.9 Å². The van der Waals surface area contributed by atoms with Crippen molar-refractivity contribution in [2.75, 3.05) is 45.0 Å². The number of aliphatic carboxylic acids is 2. The lowest BCUT2D eigenvalue weighted by molar-refractivity contribution is -0.147. The summed E-state index contributed by atoms with van der Waals surface area (Å²) in [6.07, 6.45) is -0.724. The molecule has 6 saturated carbocycles. The molecule has 8 N–H and O–H groups in total. The lowest BCUT2D eigenvalue weighted by Gasteiger charge is -2.33. The van der Waals surface area contributed by atoms with Crippen molar-refractivity contribution in [3.63, 3.8) is 0 Å². The Labute approximate surface area is 538 Å². The number of hydrogen-bond acceptors (Lipinski definition) is 15. The monoisotopic (exact) mass is 1350 g/mol. The summed E-state index contributed by atoms with van der Waals surface area (Å²) in [4.78, 5) is 60.4. The van der Waals surface area contributed by atoms with Crippen molar-refractivity contribution in [1.29, 1.82) is 0 Å². The van der Waals surface area contributed by atoms with Gasteiger partial charge in [-0.1, -0.05) is 43.8 Å². The van der Waals surface area contributed by atoms with Crippen LogP contribution in [0.5, 0.6) is 0 Å². The van der Waals surface area contributed by atoms with Crippen molar-refractivity contribution in [2.24, 2.45) is 47.0 Å². The number of hydrogen-bond donors (Lipinski definition) is 6. The van der Waals surface area contributed by atoms with Gasteiger partial charge in [-0.05, 0) is 154 Å². The zero-order valence-electron chi connectivity index (χ0n) is 50.3. The van der Waals surface area contributed by atoms with E-state index in [4.69, 9.17) is 21.7 Å². The number of nitrogens with one attached hydrogen (secondary N) is 2. The summed E-state index contributed by atoms with van der Waals surface area (Å²) < 4.78 is 172. The molecule has 1 amide bonds. The van der Waals surface area contributed by atoms with Gasteiger partial charge in [0.05, 0.1) is 28.5 Å². The SMILES string of the molecule is C.Fc1ncnc(N(Cc2ccc(C(F)(F)F)cc2)C2CC2)c1F.NC(=O)C1CC(CNc2ncnc(N(Cc3ccc(C(F)(F)F)cc3)C3CC3)c2F)C1.NCC1CC(C(=O)O)C1.O=C(O)C1CC(CNc2ncnc(N(Cc3ccc(C(F)(F)F)cc3)C3CC3)c2F)C1. The fraction of sp³-hybridized carbons (Fsp3) is 0.484. The average molecular weight is 1350 g/mol. The van der Waals surface area contributed by atoms with Crippen LogP contribution in [0.25, 0.3) is 0 Å². The first kappa shape index (κ1) is 72.2. The van der Waals surface area contributed by atoms with Gasteiger partial charge in [-0.2, -0.15) is 57.1 Å². The minimum Gasteiger partial charge on any atom is -0.481 e. The number of benzene rings is 3. The smallest absolute Gasteiger partial charge is 0.416 e. The van der Waals surface area contributed by atoms with E-state index in [1.165, 1.54) is 49.1 Å². The number of nitrogens with zero attached hydrogens (tertiary/aromatic N) is 9. The fourth-order valence-electron chi connectivity index (χ4n) is 11.0. The Morgan fingerprint density at radius 2 is 0.747 bits per heavy atom. The molecule has 514 valence electrons. The predicted octanol–water partition coefficient (Wildman–Crippen LogP) is 12.7. The van der Waals surface area contributed by atoms with Gasteiger partial charge in [0.2, 0.25) is 23.4 Å². The number of primary amides is 1. The fourth-order valence-corrected chi connectivity index (χ4v) is 11.0. The highest BCUT2D eigenvalue weighted by Gasteiger charge is 2.40. The van der Waals surface area contributed by atoms with Crippen LogP contribution in [-0.2, 0) is 52.5 Å². The van der Waals surface area contributed by atoms with Crippen LogP contribution in [0.4, 0.5) is 86.2 Å².